The van der Waals surface area contributed by atoms with E-state index in [1.54, 1.807) is 0 Å². The molecule has 1 aliphatic carbocycles. The molecule has 0 spiro atoms. The highest BCUT2D eigenvalue weighted by Gasteiger charge is 2.32. The number of amides is 1. The second-order valence-corrected chi connectivity index (χ2v) is 6.90. The summed E-state index contributed by atoms with van der Waals surface area (Å²) in [6, 6.07) is 8.28. The summed E-state index contributed by atoms with van der Waals surface area (Å²) in [6.07, 6.45) is 2.78. The molecule has 7 heteroatoms. The largest absolute Gasteiger partial charge is 0.493 e. The molecule has 1 saturated carbocycles. The minimum absolute atomic E-state index is 0.0153. The van der Waals surface area contributed by atoms with Crippen LogP contribution in [0.4, 0.5) is 4.79 Å². The molecule has 0 radical (unpaired) electrons. The van der Waals surface area contributed by atoms with Crippen LogP contribution in [-0.4, -0.2) is 44.4 Å². The van der Waals surface area contributed by atoms with Crippen LogP contribution >= 0.6 is 0 Å². The SMILES string of the molecule is CCNC(=NCC(NC(=O)OCC)C1CC1)NC1CCOc2ccccc21. The van der Waals surface area contributed by atoms with Gasteiger partial charge >= 0.3 is 6.09 Å². The topological polar surface area (TPSA) is 84.0 Å². The Bertz CT molecular complexity index is 660. The molecule has 27 heavy (non-hydrogen) atoms. The van der Waals surface area contributed by atoms with Crippen LogP contribution in [0.15, 0.2) is 29.3 Å². The van der Waals surface area contributed by atoms with Crippen molar-refractivity contribution in [2.24, 2.45) is 10.9 Å². The number of hydrogen-bond donors (Lipinski definition) is 3. The molecule has 0 aromatic heterocycles. The lowest BCUT2D eigenvalue weighted by atomic mass is 10.0. The summed E-state index contributed by atoms with van der Waals surface area (Å²) in [5, 5.41) is 9.78. The Morgan fingerprint density at radius 2 is 2.11 bits per heavy atom. The highest BCUT2D eigenvalue weighted by atomic mass is 16.5. The molecule has 1 aromatic rings. The van der Waals surface area contributed by atoms with Gasteiger partial charge in [-0.2, -0.15) is 0 Å². The third-order valence-electron chi connectivity index (χ3n) is 4.83. The predicted octanol–water partition coefficient (Wildman–Crippen LogP) is 2.59. The van der Waals surface area contributed by atoms with Crippen LogP contribution in [0.5, 0.6) is 5.75 Å². The van der Waals surface area contributed by atoms with E-state index in [4.69, 9.17) is 14.5 Å². The first kappa shape index (κ1) is 19.3. The maximum absolute atomic E-state index is 11.8. The first-order chi connectivity index (χ1) is 13.2. The molecule has 2 unspecified atom stereocenters. The van der Waals surface area contributed by atoms with Crippen LogP contribution in [0.3, 0.4) is 0 Å². The van der Waals surface area contributed by atoms with Crippen LogP contribution in [0.1, 0.15) is 44.7 Å². The normalized spacial score (nSPS) is 20.1. The molecular formula is C20H30N4O3. The highest BCUT2D eigenvalue weighted by Crippen LogP contribution is 2.33. The Kier molecular flexibility index (Phi) is 6.79. The molecule has 0 bridgehead atoms. The average Bonchev–Trinajstić information content (AvgIpc) is 3.51. The third-order valence-corrected chi connectivity index (χ3v) is 4.83. The van der Waals surface area contributed by atoms with Gasteiger partial charge in [0.05, 0.1) is 31.8 Å². The highest BCUT2D eigenvalue weighted by molar-refractivity contribution is 5.80. The first-order valence-corrected chi connectivity index (χ1v) is 9.91. The van der Waals surface area contributed by atoms with Gasteiger partial charge < -0.3 is 25.4 Å². The van der Waals surface area contributed by atoms with Crippen LogP contribution < -0.4 is 20.7 Å². The van der Waals surface area contributed by atoms with Crippen molar-refractivity contribution < 1.29 is 14.3 Å². The monoisotopic (exact) mass is 374 g/mol. The van der Waals surface area contributed by atoms with E-state index in [1.165, 1.54) is 0 Å². The number of fused-ring (bicyclic) bond motifs is 1. The predicted molar refractivity (Wildman–Crippen MR) is 105 cm³/mol. The van der Waals surface area contributed by atoms with Gasteiger partial charge in [0.25, 0.3) is 0 Å². The molecule has 7 nitrogen and oxygen atoms in total. The molecule has 2 aliphatic rings. The number of rotatable bonds is 7. The smallest absolute Gasteiger partial charge is 0.407 e. The van der Waals surface area contributed by atoms with E-state index in [0.29, 0.717) is 25.7 Å². The van der Waals surface area contributed by atoms with E-state index in [0.717, 1.165) is 43.1 Å². The number of nitrogens with one attached hydrogen (secondary N) is 3. The standard InChI is InChI=1S/C20H30N4O3/c1-3-21-19(22-13-17(14-9-10-14)24-20(25)26-4-2)23-16-11-12-27-18-8-6-5-7-15(16)18/h5-8,14,16-17H,3-4,9-13H2,1-2H3,(H,24,25)(H2,21,22,23). The zero-order chi connectivity index (χ0) is 19.1. The Balaban J connectivity index is 1.65. The van der Waals surface area contributed by atoms with Gasteiger partial charge in [-0.1, -0.05) is 18.2 Å². The van der Waals surface area contributed by atoms with Gasteiger partial charge in [-0.25, -0.2) is 4.79 Å². The summed E-state index contributed by atoms with van der Waals surface area (Å²) in [6.45, 7) is 6.22. The number of carbonyl (C=O) groups is 1. The molecular weight excluding hydrogens is 344 g/mol. The van der Waals surface area contributed by atoms with Crippen LogP contribution in [-0.2, 0) is 4.74 Å². The average molecular weight is 374 g/mol. The summed E-state index contributed by atoms with van der Waals surface area (Å²) in [5.41, 5.74) is 1.15. The number of para-hydroxylation sites is 1. The minimum Gasteiger partial charge on any atom is -0.493 e. The van der Waals surface area contributed by atoms with Crippen molar-refractivity contribution in [2.75, 3.05) is 26.3 Å². The van der Waals surface area contributed by atoms with Crippen molar-refractivity contribution in [2.45, 2.75) is 45.2 Å². The zero-order valence-electron chi connectivity index (χ0n) is 16.2. The Labute approximate surface area is 160 Å². The van der Waals surface area contributed by atoms with Crippen molar-refractivity contribution in [1.82, 2.24) is 16.0 Å². The first-order valence-electron chi connectivity index (χ1n) is 9.91. The summed E-state index contributed by atoms with van der Waals surface area (Å²) in [5.74, 6) is 2.18. The summed E-state index contributed by atoms with van der Waals surface area (Å²) in [4.78, 5) is 16.5. The molecule has 3 rings (SSSR count). The van der Waals surface area contributed by atoms with Crippen LogP contribution in [0.2, 0.25) is 0 Å². The number of guanidine groups is 1. The van der Waals surface area contributed by atoms with Crippen molar-refractivity contribution >= 4 is 12.1 Å². The van der Waals surface area contributed by atoms with Gasteiger partial charge in [0, 0.05) is 18.5 Å². The Hall–Kier alpha value is -2.44. The van der Waals surface area contributed by atoms with Gasteiger partial charge in [-0.15, -0.1) is 0 Å². The molecule has 1 aliphatic heterocycles. The minimum atomic E-state index is -0.360. The number of alkyl carbamates (subject to hydrolysis) is 1. The fraction of sp³-hybridized carbons (Fsp3) is 0.600. The lowest BCUT2D eigenvalue weighted by Gasteiger charge is -2.28. The molecule has 1 heterocycles. The summed E-state index contributed by atoms with van der Waals surface area (Å²) < 4.78 is 10.8. The van der Waals surface area contributed by atoms with Crippen molar-refractivity contribution in [3.05, 3.63) is 29.8 Å². The lowest BCUT2D eigenvalue weighted by molar-refractivity contribution is 0.147. The quantitative estimate of drug-likeness (QED) is 0.505. The number of carbonyl (C=O) groups excluding carboxylic acids is 1. The van der Waals surface area contributed by atoms with Gasteiger partial charge in [0.2, 0.25) is 0 Å². The van der Waals surface area contributed by atoms with Gasteiger partial charge in [0.1, 0.15) is 5.75 Å². The Morgan fingerprint density at radius 3 is 2.85 bits per heavy atom. The maximum Gasteiger partial charge on any atom is 0.407 e. The van der Waals surface area contributed by atoms with E-state index in [9.17, 15) is 4.79 Å². The molecule has 1 fully saturated rings. The molecule has 1 amide bonds. The Morgan fingerprint density at radius 1 is 1.30 bits per heavy atom. The molecule has 1 aromatic carbocycles. The van der Waals surface area contributed by atoms with Gasteiger partial charge in [-0.3, -0.25) is 4.99 Å². The van der Waals surface area contributed by atoms with E-state index >= 15 is 0 Å². The van der Waals surface area contributed by atoms with Crippen molar-refractivity contribution in [3.8, 4) is 5.75 Å². The third kappa shape index (κ3) is 5.52. The lowest BCUT2D eigenvalue weighted by Crippen LogP contribution is -2.43. The number of nitrogens with zero attached hydrogens (tertiary/aromatic N) is 1. The molecule has 0 saturated heterocycles. The van der Waals surface area contributed by atoms with Crippen molar-refractivity contribution in [1.29, 1.82) is 0 Å². The van der Waals surface area contributed by atoms with E-state index < -0.39 is 0 Å². The van der Waals surface area contributed by atoms with Crippen LogP contribution in [0, 0.1) is 5.92 Å². The fourth-order valence-corrected chi connectivity index (χ4v) is 3.30. The number of ether oxygens (including phenoxy) is 2. The number of benzene rings is 1. The van der Waals surface area contributed by atoms with Crippen molar-refractivity contribution in [3.63, 3.8) is 0 Å². The second kappa shape index (κ2) is 9.48. The molecule has 3 N–H and O–H groups in total. The fourth-order valence-electron chi connectivity index (χ4n) is 3.30. The summed E-state index contributed by atoms with van der Waals surface area (Å²) >= 11 is 0. The molecule has 2 atom stereocenters. The van der Waals surface area contributed by atoms with E-state index in [-0.39, 0.29) is 18.2 Å². The number of aliphatic imine (C=N–C) groups is 1. The molecule has 148 valence electrons. The van der Waals surface area contributed by atoms with E-state index in [2.05, 4.69) is 22.0 Å². The summed E-state index contributed by atoms with van der Waals surface area (Å²) in [7, 11) is 0. The van der Waals surface area contributed by atoms with Gasteiger partial charge in [0.15, 0.2) is 5.96 Å². The zero-order valence-corrected chi connectivity index (χ0v) is 16.2. The van der Waals surface area contributed by atoms with Crippen LogP contribution in [0.25, 0.3) is 0 Å². The number of hydrogen-bond acceptors (Lipinski definition) is 4. The second-order valence-electron chi connectivity index (χ2n) is 6.90. The maximum atomic E-state index is 11.8. The van der Waals surface area contributed by atoms with E-state index in [1.807, 2.05) is 32.0 Å². The van der Waals surface area contributed by atoms with Gasteiger partial charge in [-0.05, 0) is 38.7 Å².